The molecule has 0 amide bonds. The van der Waals surface area contributed by atoms with Crippen LogP contribution in [0, 0.1) is 0 Å². The molecule has 0 fully saturated rings. The molecule has 0 aliphatic rings. The predicted molar refractivity (Wildman–Crippen MR) is 49.2 cm³/mol. The molecule has 0 aliphatic heterocycles. The molecule has 0 aliphatic carbocycles. The van der Waals surface area contributed by atoms with Crippen LogP contribution in [0.15, 0.2) is 0 Å². The van der Waals surface area contributed by atoms with E-state index in [1.54, 1.807) is 0 Å². The summed E-state index contributed by atoms with van der Waals surface area (Å²) in [5.41, 5.74) is 0. The molecule has 1 atom stereocenters. The van der Waals surface area contributed by atoms with Gasteiger partial charge in [-0.2, -0.15) is 8.42 Å². The van der Waals surface area contributed by atoms with Crippen LogP contribution in [0.4, 0.5) is 0 Å². The number of carbonyl (C=O) groups is 2. The highest BCUT2D eigenvalue weighted by Gasteiger charge is 2.20. The lowest BCUT2D eigenvalue weighted by Crippen LogP contribution is -2.40. The van der Waals surface area contributed by atoms with Crippen LogP contribution >= 0.6 is 0 Å². The molecule has 0 saturated carbocycles. The average molecular weight is 257 g/mol. The second kappa shape index (κ2) is 6.37. The normalized spacial score (nSPS) is 13.3. The van der Waals surface area contributed by atoms with Gasteiger partial charge in [-0.1, -0.05) is 0 Å². The van der Waals surface area contributed by atoms with Crippen LogP contribution in [0.2, 0.25) is 0 Å². The first-order valence-electron chi connectivity index (χ1n) is 4.02. The van der Waals surface area contributed by atoms with E-state index in [2.05, 4.69) is 9.50 Å². The smallest absolute Gasteiger partial charge is 0.397 e. The monoisotopic (exact) mass is 257 g/mol. The molecule has 94 valence electrons. The fourth-order valence-electron chi connectivity index (χ4n) is 0.802. The summed E-state index contributed by atoms with van der Waals surface area (Å²) in [6, 6.07) is -1.34. The van der Waals surface area contributed by atoms with Gasteiger partial charge in [0.1, 0.15) is 6.04 Å². The Kier molecular flexibility index (Phi) is 5.88. The van der Waals surface area contributed by atoms with E-state index in [1.807, 2.05) is 0 Å². The van der Waals surface area contributed by atoms with E-state index in [9.17, 15) is 18.0 Å². The van der Waals surface area contributed by atoms with Crippen molar-refractivity contribution in [2.45, 2.75) is 12.5 Å². The first-order chi connectivity index (χ1) is 7.22. The third-order valence-corrected chi connectivity index (χ3v) is 1.87. The Balaban J connectivity index is 3.95. The number of hydrogen-bond acceptors (Lipinski definition) is 6. The summed E-state index contributed by atoms with van der Waals surface area (Å²) in [7, 11) is -4.57. The minimum Gasteiger partial charge on any atom is -0.481 e. The fraction of sp³-hybridized carbons (Fsp3) is 0.667. The van der Waals surface area contributed by atoms with Gasteiger partial charge in [0.05, 0.1) is 13.0 Å². The summed E-state index contributed by atoms with van der Waals surface area (Å²) in [5.74, 6) is -2.69. The van der Waals surface area contributed by atoms with Gasteiger partial charge in [0.25, 0.3) is 0 Å². The summed E-state index contributed by atoms with van der Waals surface area (Å²) in [6.07, 6.45) is -0.652. The Morgan fingerprint density at radius 1 is 1.31 bits per heavy atom. The van der Waals surface area contributed by atoms with Crippen LogP contribution in [0.25, 0.3) is 0 Å². The molecular formula is C6H11NO8S. The van der Waals surface area contributed by atoms with Gasteiger partial charge in [0.2, 0.25) is 0 Å². The number of carboxylic acid groups (broad SMARTS) is 2. The number of carboxylic acids is 2. The fourth-order valence-corrected chi connectivity index (χ4v) is 1.10. The zero-order valence-corrected chi connectivity index (χ0v) is 8.81. The van der Waals surface area contributed by atoms with Gasteiger partial charge in [-0.3, -0.25) is 14.1 Å². The van der Waals surface area contributed by atoms with Crippen molar-refractivity contribution in [3.63, 3.8) is 0 Å². The van der Waals surface area contributed by atoms with Crippen LogP contribution in [-0.4, -0.2) is 54.3 Å². The van der Waals surface area contributed by atoms with Gasteiger partial charge in [-0.05, 0) is 0 Å². The summed E-state index contributed by atoms with van der Waals surface area (Å²) in [6.45, 7) is -0.730. The molecule has 0 heterocycles. The maximum absolute atomic E-state index is 10.5. The van der Waals surface area contributed by atoms with Gasteiger partial charge in [-0.25, -0.2) is 4.18 Å². The lowest BCUT2D eigenvalue weighted by molar-refractivity contribution is -0.145. The molecule has 0 bridgehead atoms. The van der Waals surface area contributed by atoms with Crippen molar-refractivity contribution in [1.29, 1.82) is 0 Å². The third kappa shape index (κ3) is 8.11. The molecule has 9 nitrogen and oxygen atoms in total. The molecule has 4 N–H and O–H groups in total. The first-order valence-corrected chi connectivity index (χ1v) is 5.38. The molecule has 0 saturated heterocycles. The number of nitrogens with one attached hydrogen (secondary N) is 1. The summed E-state index contributed by atoms with van der Waals surface area (Å²) < 4.78 is 32.2. The van der Waals surface area contributed by atoms with Crippen molar-refractivity contribution in [3.05, 3.63) is 0 Å². The van der Waals surface area contributed by atoms with Crippen molar-refractivity contribution in [3.8, 4) is 0 Å². The molecule has 16 heavy (non-hydrogen) atoms. The molecule has 0 aromatic rings. The third-order valence-electron chi connectivity index (χ3n) is 1.40. The Morgan fingerprint density at radius 2 is 1.88 bits per heavy atom. The summed E-state index contributed by atoms with van der Waals surface area (Å²) in [5, 5.41) is 19.1. The predicted octanol–water partition coefficient (Wildman–Crippen LogP) is -1.68. The quantitative estimate of drug-likeness (QED) is 0.295. The Hall–Kier alpha value is -1.23. The van der Waals surface area contributed by atoms with E-state index in [0.29, 0.717) is 0 Å². The molecule has 0 rings (SSSR count). The molecule has 10 heteroatoms. The molecule has 0 aromatic carbocycles. The molecule has 0 radical (unpaired) electrons. The number of aliphatic carboxylic acids is 2. The Morgan fingerprint density at radius 3 is 2.25 bits per heavy atom. The zero-order valence-electron chi connectivity index (χ0n) is 7.99. The largest absolute Gasteiger partial charge is 0.481 e. The Bertz CT molecular complexity index is 350. The van der Waals surface area contributed by atoms with Crippen LogP contribution in [0.5, 0.6) is 0 Å². The van der Waals surface area contributed by atoms with E-state index in [4.69, 9.17) is 14.8 Å². The highest BCUT2D eigenvalue weighted by molar-refractivity contribution is 7.80. The van der Waals surface area contributed by atoms with Gasteiger partial charge >= 0.3 is 22.3 Å². The van der Waals surface area contributed by atoms with Crippen molar-refractivity contribution in [2.75, 3.05) is 13.2 Å². The van der Waals surface area contributed by atoms with Crippen LogP contribution < -0.4 is 5.32 Å². The van der Waals surface area contributed by atoms with Gasteiger partial charge in [0, 0.05) is 6.54 Å². The van der Waals surface area contributed by atoms with Crippen LogP contribution in [-0.2, 0) is 24.2 Å². The van der Waals surface area contributed by atoms with E-state index in [1.165, 1.54) is 0 Å². The van der Waals surface area contributed by atoms with Crippen LogP contribution in [0.1, 0.15) is 6.42 Å². The summed E-state index contributed by atoms with van der Waals surface area (Å²) >= 11 is 0. The molecular weight excluding hydrogens is 246 g/mol. The maximum Gasteiger partial charge on any atom is 0.397 e. The van der Waals surface area contributed by atoms with E-state index in [-0.39, 0.29) is 6.54 Å². The van der Waals surface area contributed by atoms with E-state index in [0.717, 1.165) is 0 Å². The molecule has 1 unspecified atom stereocenters. The SMILES string of the molecule is O=C(O)CC(NCCOS(=O)(=O)O)C(=O)O. The van der Waals surface area contributed by atoms with E-state index >= 15 is 0 Å². The van der Waals surface area contributed by atoms with Crippen molar-refractivity contribution >= 4 is 22.3 Å². The Labute approximate surface area is 91.0 Å². The standard InChI is InChI=1S/C6H11NO8S/c8-5(9)3-4(6(10)11)7-1-2-15-16(12,13)14/h4,7H,1-3H2,(H,8,9)(H,10,11)(H,12,13,14). The van der Waals surface area contributed by atoms with Gasteiger partial charge < -0.3 is 15.5 Å². The van der Waals surface area contributed by atoms with E-state index < -0.39 is 41.4 Å². The summed E-state index contributed by atoms with van der Waals surface area (Å²) in [4.78, 5) is 20.7. The van der Waals surface area contributed by atoms with Crippen molar-refractivity contribution in [2.24, 2.45) is 0 Å². The minimum absolute atomic E-state index is 0.232. The lowest BCUT2D eigenvalue weighted by atomic mass is 10.2. The van der Waals surface area contributed by atoms with Crippen molar-refractivity contribution < 1.29 is 37.0 Å². The second-order valence-corrected chi connectivity index (χ2v) is 3.78. The average Bonchev–Trinajstić information content (AvgIpc) is 2.07. The number of rotatable bonds is 8. The maximum atomic E-state index is 10.5. The van der Waals surface area contributed by atoms with Gasteiger partial charge in [-0.15, -0.1) is 0 Å². The first kappa shape index (κ1) is 14.8. The molecule has 0 spiro atoms. The van der Waals surface area contributed by atoms with Gasteiger partial charge in [0.15, 0.2) is 0 Å². The van der Waals surface area contributed by atoms with Crippen LogP contribution in [0.3, 0.4) is 0 Å². The zero-order chi connectivity index (χ0) is 12.8. The molecule has 0 aromatic heterocycles. The number of hydrogen-bond donors (Lipinski definition) is 4. The lowest BCUT2D eigenvalue weighted by Gasteiger charge is -2.11. The highest BCUT2D eigenvalue weighted by atomic mass is 32.3. The topological polar surface area (TPSA) is 150 Å². The minimum atomic E-state index is -4.57. The highest BCUT2D eigenvalue weighted by Crippen LogP contribution is 1.93. The second-order valence-electron chi connectivity index (χ2n) is 2.69. The van der Waals surface area contributed by atoms with Crippen molar-refractivity contribution in [1.82, 2.24) is 5.32 Å².